The monoisotopic (exact) mass is 262 g/mol. The van der Waals surface area contributed by atoms with Gasteiger partial charge >= 0.3 is 0 Å². The van der Waals surface area contributed by atoms with E-state index in [1.807, 2.05) is 52.9 Å². The van der Waals surface area contributed by atoms with Gasteiger partial charge in [0.2, 0.25) is 5.91 Å². The summed E-state index contributed by atoms with van der Waals surface area (Å²) in [5.41, 5.74) is 6.25. The lowest BCUT2D eigenvalue weighted by atomic mass is 9.74. The molecule has 1 rings (SSSR count). The third-order valence-electron chi connectivity index (χ3n) is 4.07. The minimum absolute atomic E-state index is 0.0935. The van der Waals surface area contributed by atoms with E-state index in [1.54, 1.807) is 4.90 Å². The number of rotatable bonds is 5. The van der Waals surface area contributed by atoms with Crippen LogP contribution in [0, 0.1) is 5.41 Å². The van der Waals surface area contributed by atoms with E-state index in [1.165, 1.54) is 5.56 Å². The first-order valence-electron chi connectivity index (χ1n) is 6.74. The minimum atomic E-state index is -0.571. The Morgan fingerprint density at radius 2 is 1.68 bits per heavy atom. The van der Waals surface area contributed by atoms with Gasteiger partial charge in [0.05, 0.1) is 5.41 Å². The maximum atomic E-state index is 12.5. The molecule has 0 saturated carbocycles. The van der Waals surface area contributed by atoms with Gasteiger partial charge in [0.25, 0.3) is 0 Å². The lowest BCUT2D eigenvalue weighted by Crippen LogP contribution is -2.56. The fourth-order valence-electron chi connectivity index (χ4n) is 1.80. The van der Waals surface area contributed by atoms with Crippen LogP contribution >= 0.6 is 0 Å². The maximum absolute atomic E-state index is 12.5. The summed E-state index contributed by atoms with van der Waals surface area (Å²) in [5, 5.41) is 0. The van der Waals surface area contributed by atoms with Crippen LogP contribution in [0.2, 0.25) is 0 Å². The van der Waals surface area contributed by atoms with E-state index < -0.39 is 11.0 Å². The highest BCUT2D eigenvalue weighted by atomic mass is 16.2. The SMILES string of the molecule is CN(CCc1ccccc1)C(=O)C(C)(C)C(C)(C)N. The molecule has 1 aromatic rings. The van der Waals surface area contributed by atoms with Gasteiger partial charge in [-0.05, 0) is 39.7 Å². The van der Waals surface area contributed by atoms with Gasteiger partial charge in [-0.25, -0.2) is 0 Å². The molecule has 0 aromatic heterocycles. The maximum Gasteiger partial charge on any atom is 0.229 e. The summed E-state index contributed by atoms with van der Waals surface area (Å²) in [7, 11) is 1.85. The smallest absolute Gasteiger partial charge is 0.229 e. The normalized spacial score (nSPS) is 12.3. The first-order valence-corrected chi connectivity index (χ1v) is 6.74. The van der Waals surface area contributed by atoms with Crippen LogP contribution in [0.15, 0.2) is 30.3 Å². The fourth-order valence-corrected chi connectivity index (χ4v) is 1.80. The summed E-state index contributed by atoms with van der Waals surface area (Å²) >= 11 is 0. The first-order chi connectivity index (χ1) is 8.66. The number of likely N-dealkylation sites (N-methyl/N-ethyl adjacent to an activating group) is 1. The predicted molar refractivity (Wildman–Crippen MR) is 79.8 cm³/mol. The van der Waals surface area contributed by atoms with Crippen LogP contribution in [-0.2, 0) is 11.2 Å². The Bertz CT molecular complexity index is 418. The van der Waals surface area contributed by atoms with E-state index in [0.717, 1.165) is 6.42 Å². The average Bonchev–Trinajstić information content (AvgIpc) is 2.34. The van der Waals surface area contributed by atoms with Gasteiger partial charge in [-0.15, -0.1) is 0 Å². The number of nitrogens with two attached hydrogens (primary N) is 1. The highest BCUT2D eigenvalue weighted by molar-refractivity contribution is 5.83. The van der Waals surface area contributed by atoms with Gasteiger partial charge in [-0.2, -0.15) is 0 Å². The van der Waals surface area contributed by atoms with Crippen molar-refractivity contribution >= 4 is 5.91 Å². The van der Waals surface area contributed by atoms with Crippen molar-refractivity contribution in [2.24, 2.45) is 11.1 Å². The Morgan fingerprint density at radius 3 is 2.16 bits per heavy atom. The molecule has 0 saturated heterocycles. The number of hydrogen-bond donors (Lipinski definition) is 1. The van der Waals surface area contributed by atoms with Crippen molar-refractivity contribution in [1.29, 1.82) is 0 Å². The number of benzene rings is 1. The van der Waals surface area contributed by atoms with Crippen LogP contribution in [0.4, 0.5) is 0 Å². The van der Waals surface area contributed by atoms with Crippen molar-refractivity contribution in [3.63, 3.8) is 0 Å². The van der Waals surface area contributed by atoms with Gasteiger partial charge in [0.15, 0.2) is 0 Å². The number of carbonyl (C=O) groups excluding carboxylic acids is 1. The molecular weight excluding hydrogens is 236 g/mol. The van der Waals surface area contributed by atoms with E-state index in [2.05, 4.69) is 12.1 Å². The number of amides is 1. The Labute approximate surface area is 116 Å². The molecule has 1 aromatic carbocycles. The quantitative estimate of drug-likeness (QED) is 0.886. The lowest BCUT2D eigenvalue weighted by molar-refractivity contribution is -0.142. The van der Waals surface area contributed by atoms with Crippen LogP contribution < -0.4 is 5.73 Å². The molecule has 1 amide bonds. The molecule has 0 aliphatic carbocycles. The van der Waals surface area contributed by atoms with E-state index in [4.69, 9.17) is 5.73 Å². The van der Waals surface area contributed by atoms with Crippen molar-refractivity contribution in [2.45, 2.75) is 39.7 Å². The van der Waals surface area contributed by atoms with Crippen molar-refractivity contribution in [3.05, 3.63) is 35.9 Å². The third kappa shape index (κ3) is 3.80. The van der Waals surface area contributed by atoms with E-state index in [-0.39, 0.29) is 5.91 Å². The van der Waals surface area contributed by atoms with Crippen LogP contribution in [0.25, 0.3) is 0 Å². The minimum Gasteiger partial charge on any atom is -0.345 e. The Balaban J connectivity index is 2.64. The molecule has 0 unspecified atom stereocenters. The third-order valence-corrected chi connectivity index (χ3v) is 4.07. The molecule has 3 heteroatoms. The molecule has 0 aliphatic rings. The van der Waals surface area contributed by atoms with Crippen LogP contribution in [0.3, 0.4) is 0 Å². The summed E-state index contributed by atoms with van der Waals surface area (Å²) in [6, 6.07) is 10.2. The molecule has 19 heavy (non-hydrogen) atoms. The summed E-state index contributed by atoms with van der Waals surface area (Å²) < 4.78 is 0. The van der Waals surface area contributed by atoms with Crippen molar-refractivity contribution in [2.75, 3.05) is 13.6 Å². The van der Waals surface area contributed by atoms with Gasteiger partial charge in [0, 0.05) is 19.1 Å². The summed E-state index contributed by atoms with van der Waals surface area (Å²) in [4.78, 5) is 14.3. The first kappa shape index (κ1) is 15.7. The van der Waals surface area contributed by atoms with Crippen LogP contribution in [0.5, 0.6) is 0 Å². The summed E-state index contributed by atoms with van der Waals surface area (Å²) in [6.45, 7) is 8.33. The molecule has 0 fully saturated rings. The number of nitrogens with zero attached hydrogens (tertiary/aromatic N) is 1. The van der Waals surface area contributed by atoms with Crippen molar-refractivity contribution in [3.8, 4) is 0 Å². The van der Waals surface area contributed by atoms with E-state index >= 15 is 0 Å². The molecule has 3 nitrogen and oxygen atoms in total. The molecule has 0 spiro atoms. The van der Waals surface area contributed by atoms with E-state index in [0.29, 0.717) is 6.54 Å². The van der Waals surface area contributed by atoms with Crippen molar-refractivity contribution < 1.29 is 4.79 Å². The summed E-state index contributed by atoms with van der Waals surface area (Å²) in [5.74, 6) is 0.0935. The summed E-state index contributed by atoms with van der Waals surface area (Å²) in [6.07, 6.45) is 0.865. The number of carbonyl (C=O) groups is 1. The standard InChI is InChI=1S/C16H26N2O/c1-15(2,16(3,4)17)14(19)18(5)12-11-13-9-7-6-8-10-13/h6-10H,11-12,17H2,1-5H3. The highest BCUT2D eigenvalue weighted by Gasteiger charge is 2.41. The number of hydrogen-bond acceptors (Lipinski definition) is 2. The molecule has 0 heterocycles. The van der Waals surface area contributed by atoms with Gasteiger partial charge < -0.3 is 10.6 Å². The zero-order valence-electron chi connectivity index (χ0n) is 12.7. The zero-order chi connectivity index (χ0) is 14.7. The zero-order valence-corrected chi connectivity index (χ0v) is 12.7. The van der Waals surface area contributed by atoms with Crippen LogP contribution in [0.1, 0.15) is 33.3 Å². The predicted octanol–water partition coefficient (Wildman–Crippen LogP) is 2.45. The van der Waals surface area contributed by atoms with E-state index in [9.17, 15) is 4.79 Å². The molecular formula is C16H26N2O. The highest BCUT2D eigenvalue weighted by Crippen LogP contribution is 2.30. The lowest BCUT2D eigenvalue weighted by Gasteiger charge is -2.39. The second-order valence-electron chi connectivity index (χ2n) is 6.31. The van der Waals surface area contributed by atoms with Gasteiger partial charge in [-0.1, -0.05) is 30.3 Å². The molecule has 0 aliphatic heterocycles. The van der Waals surface area contributed by atoms with Crippen LogP contribution in [-0.4, -0.2) is 29.9 Å². The average molecular weight is 262 g/mol. The molecule has 106 valence electrons. The van der Waals surface area contributed by atoms with Crippen molar-refractivity contribution in [1.82, 2.24) is 4.90 Å². The fraction of sp³-hybridized carbons (Fsp3) is 0.562. The molecule has 0 bridgehead atoms. The van der Waals surface area contributed by atoms with Gasteiger partial charge in [0.1, 0.15) is 0 Å². The second kappa shape index (κ2) is 5.74. The molecule has 0 atom stereocenters. The largest absolute Gasteiger partial charge is 0.345 e. The van der Waals surface area contributed by atoms with Gasteiger partial charge in [-0.3, -0.25) is 4.79 Å². The topological polar surface area (TPSA) is 46.3 Å². The second-order valence-corrected chi connectivity index (χ2v) is 6.31. The molecule has 0 radical (unpaired) electrons. The Hall–Kier alpha value is -1.35. The molecule has 2 N–H and O–H groups in total. The Kier molecular flexibility index (Phi) is 4.75. The Morgan fingerprint density at radius 1 is 1.16 bits per heavy atom.